The third-order valence-electron chi connectivity index (χ3n) is 5.42. The number of rotatable bonds is 5. The standard InChI is InChI=1S/C22H27N3O3.HI/c1-26-15-22(18-8-4-2-6-16(18)10-13-28-22)14-24-21(23)25-19-11-12-27-20-9-5-3-7-17(19)20;/h2-9,19H,10-15H2,1H3,(H3,23,24,25);1H. The minimum atomic E-state index is -0.608. The zero-order valence-corrected chi connectivity index (χ0v) is 18.9. The van der Waals surface area contributed by atoms with Crippen LogP contribution in [0, 0.1) is 0 Å². The first-order valence-corrected chi connectivity index (χ1v) is 9.71. The number of methoxy groups -OCH3 is 1. The van der Waals surface area contributed by atoms with Crippen molar-refractivity contribution in [2.75, 3.05) is 33.5 Å². The van der Waals surface area contributed by atoms with Crippen LogP contribution in [0.5, 0.6) is 5.75 Å². The van der Waals surface area contributed by atoms with Gasteiger partial charge < -0.3 is 25.3 Å². The molecule has 4 rings (SSSR count). The number of fused-ring (bicyclic) bond motifs is 2. The van der Waals surface area contributed by atoms with Crippen LogP contribution in [0.3, 0.4) is 0 Å². The highest BCUT2D eigenvalue weighted by atomic mass is 127. The molecule has 2 aliphatic heterocycles. The van der Waals surface area contributed by atoms with Crippen molar-refractivity contribution in [3.8, 4) is 5.75 Å². The highest BCUT2D eigenvalue weighted by molar-refractivity contribution is 14.0. The number of nitrogens with two attached hydrogens (primary N) is 1. The molecule has 0 spiro atoms. The predicted molar refractivity (Wildman–Crippen MR) is 124 cm³/mol. The molecule has 0 aromatic heterocycles. The van der Waals surface area contributed by atoms with E-state index in [-0.39, 0.29) is 30.0 Å². The van der Waals surface area contributed by atoms with E-state index in [0.29, 0.717) is 32.3 Å². The molecule has 2 aliphatic rings. The van der Waals surface area contributed by atoms with Gasteiger partial charge in [0.25, 0.3) is 0 Å². The maximum absolute atomic E-state index is 6.26. The number of benzene rings is 2. The maximum atomic E-state index is 6.26. The number of hydrogen-bond acceptors (Lipinski definition) is 4. The molecule has 2 unspecified atom stereocenters. The first kappa shape index (κ1) is 21.9. The Kier molecular flexibility index (Phi) is 7.37. The van der Waals surface area contributed by atoms with Gasteiger partial charge in [0.15, 0.2) is 5.96 Å². The Bertz CT molecular complexity index is 861. The minimum Gasteiger partial charge on any atom is -0.493 e. The summed E-state index contributed by atoms with van der Waals surface area (Å²) in [5.74, 6) is 1.31. The van der Waals surface area contributed by atoms with Crippen molar-refractivity contribution in [3.05, 3.63) is 65.2 Å². The van der Waals surface area contributed by atoms with Crippen LogP contribution in [0.15, 0.2) is 53.5 Å². The fourth-order valence-electron chi connectivity index (χ4n) is 4.07. The predicted octanol–water partition coefficient (Wildman–Crippen LogP) is 3.15. The Morgan fingerprint density at radius 2 is 2.00 bits per heavy atom. The van der Waals surface area contributed by atoms with Crippen molar-refractivity contribution in [1.82, 2.24) is 5.32 Å². The van der Waals surface area contributed by atoms with E-state index in [4.69, 9.17) is 19.9 Å². The van der Waals surface area contributed by atoms with Gasteiger partial charge in [-0.3, -0.25) is 0 Å². The molecular weight excluding hydrogens is 481 g/mol. The normalized spacial score (nSPS) is 23.2. The van der Waals surface area contributed by atoms with Gasteiger partial charge in [-0.2, -0.15) is 0 Å². The lowest BCUT2D eigenvalue weighted by atomic mass is 9.86. The lowest BCUT2D eigenvalue weighted by Gasteiger charge is -2.37. The molecule has 0 fully saturated rings. The van der Waals surface area contributed by atoms with Crippen molar-refractivity contribution >= 4 is 29.9 Å². The summed E-state index contributed by atoms with van der Waals surface area (Å²) >= 11 is 0. The topological polar surface area (TPSA) is 78.1 Å². The number of para-hydroxylation sites is 1. The van der Waals surface area contributed by atoms with E-state index in [1.807, 2.05) is 24.3 Å². The Balaban J connectivity index is 0.00000240. The van der Waals surface area contributed by atoms with E-state index < -0.39 is 5.60 Å². The summed E-state index contributed by atoms with van der Waals surface area (Å²) in [6.45, 7) is 2.14. The maximum Gasteiger partial charge on any atom is 0.189 e. The van der Waals surface area contributed by atoms with E-state index in [2.05, 4.69) is 34.6 Å². The van der Waals surface area contributed by atoms with Crippen molar-refractivity contribution < 1.29 is 14.2 Å². The lowest BCUT2D eigenvalue weighted by Crippen LogP contribution is -2.44. The van der Waals surface area contributed by atoms with Crippen molar-refractivity contribution in [2.45, 2.75) is 24.5 Å². The minimum absolute atomic E-state index is 0. The molecule has 7 heteroatoms. The number of nitrogens with one attached hydrogen (secondary N) is 1. The summed E-state index contributed by atoms with van der Waals surface area (Å²) in [6, 6.07) is 16.5. The van der Waals surface area contributed by atoms with Crippen LogP contribution in [0.1, 0.15) is 29.2 Å². The summed E-state index contributed by atoms with van der Waals surface area (Å²) in [4.78, 5) is 4.64. The number of guanidine groups is 1. The van der Waals surface area contributed by atoms with E-state index in [1.165, 1.54) is 5.56 Å². The summed E-state index contributed by atoms with van der Waals surface area (Å²) in [7, 11) is 1.69. The quantitative estimate of drug-likeness (QED) is 0.368. The molecule has 156 valence electrons. The van der Waals surface area contributed by atoms with Gasteiger partial charge in [0.05, 0.1) is 32.4 Å². The van der Waals surface area contributed by atoms with Crippen molar-refractivity contribution in [1.29, 1.82) is 0 Å². The molecule has 2 heterocycles. The Morgan fingerprint density at radius 3 is 2.86 bits per heavy atom. The third kappa shape index (κ3) is 4.67. The van der Waals surface area contributed by atoms with Crippen molar-refractivity contribution in [2.24, 2.45) is 10.7 Å². The number of ether oxygens (including phenoxy) is 3. The molecule has 3 N–H and O–H groups in total. The Hall–Kier alpha value is -1.84. The van der Waals surface area contributed by atoms with Gasteiger partial charge in [-0.15, -0.1) is 24.0 Å². The second-order valence-electron chi connectivity index (χ2n) is 7.26. The monoisotopic (exact) mass is 509 g/mol. The fourth-order valence-corrected chi connectivity index (χ4v) is 4.07. The summed E-state index contributed by atoms with van der Waals surface area (Å²) in [5.41, 5.74) is 9.18. The largest absolute Gasteiger partial charge is 0.493 e. The zero-order valence-electron chi connectivity index (χ0n) is 16.6. The lowest BCUT2D eigenvalue weighted by molar-refractivity contribution is -0.0960. The molecule has 2 atom stereocenters. The van der Waals surface area contributed by atoms with Crippen LogP contribution in [0.4, 0.5) is 0 Å². The number of hydrogen-bond donors (Lipinski definition) is 2. The van der Waals surface area contributed by atoms with Gasteiger partial charge in [0, 0.05) is 19.1 Å². The summed E-state index contributed by atoms with van der Waals surface area (Å²) in [6.07, 6.45) is 1.74. The number of aliphatic imine (C=N–C) groups is 1. The van der Waals surface area contributed by atoms with Crippen LogP contribution in [-0.4, -0.2) is 39.4 Å². The summed E-state index contributed by atoms with van der Waals surface area (Å²) in [5, 5.41) is 3.35. The average Bonchev–Trinajstić information content (AvgIpc) is 2.73. The Labute approximate surface area is 188 Å². The van der Waals surface area contributed by atoms with Gasteiger partial charge in [0.2, 0.25) is 0 Å². The molecule has 0 bridgehead atoms. The second kappa shape index (κ2) is 9.77. The van der Waals surface area contributed by atoms with E-state index in [1.54, 1.807) is 7.11 Å². The first-order chi connectivity index (χ1) is 13.7. The molecule has 6 nitrogen and oxygen atoms in total. The van der Waals surface area contributed by atoms with Gasteiger partial charge in [-0.05, 0) is 23.6 Å². The smallest absolute Gasteiger partial charge is 0.189 e. The van der Waals surface area contributed by atoms with Gasteiger partial charge in [-0.25, -0.2) is 4.99 Å². The van der Waals surface area contributed by atoms with E-state index >= 15 is 0 Å². The number of halogens is 1. The SMILES string of the molecule is COCC1(CN=C(N)NC2CCOc3ccccc32)OCCc2ccccc21.I. The van der Waals surface area contributed by atoms with Crippen LogP contribution < -0.4 is 15.8 Å². The van der Waals surface area contributed by atoms with E-state index in [9.17, 15) is 0 Å². The van der Waals surface area contributed by atoms with Gasteiger partial charge in [-0.1, -0.05) is 42.5 Å². The molecule has 2 aromatic rings. The molecule has 0 saturated carbocycles. The molecular formula is C22H28IN3O3. The Morgan fingerprint density at radius 1 is 1.21 bits per heavy atom. The molecule has 0 aliphatic carbocycles. The first-order valence-electron chi connectivity index (χ1n) is 9.71. The average molecular weight is 509 g/mol. The summed E-state index contributed by atoms with van der Waals surface area (Å²) < 4.78 is 17.4. The fraction of sp³-hybridized carbons (Fsp3) is 0.409. The highest BCUT2D eigenvalue weighted by Gasteiger charge is 2.38. The molecule has 2 aromatic carbocycles. The van der Waals surface area contributed by atoms with Gasteiger partial charge >= 0.3 is 0 Å². The zero-order chi connectivity index (χ0) is 19.4. The molecule has 29 heavy (non-hydrogen) atoms. The van der Waals surface area contributed by atoms with Crippen LogP contribution >= 0.6 is 24.0 Å². The highest BCUT2D eigenvalue weighted by Crippen LogP contribution is 2.34. The van der Waals surface area contributed by atoms with Crippen molar-refractivity contribution in [3.63, 3.8) is 0 Å². The molecule has 0 amide bonds. The van der Waals surface area contributed by atoms with Crippen LogP contribution in [0.25, 0.3) is 0 Å². The molecule has 0 radical (unpaired) electrons. The second-order valence-corrected chi connectivity index (χ2v) is 7.26. The van der Waals surface area contributed by atoms with Crippen LogP contribution in [0.2, 0.25) is 0 Å². The van der Waals surface area contributed by atoms with Gasteiger partial charge in [0.1, 0.15) is 11.4 Å². The third-order valence-corrected chi connectivity index (χ3v) is 5.42. The number of nitrogens with zero attached hydrogens (tertiary/aromatic N) is 1. The molecule has 0 saturated heterocycles. The van der Waals surface area contributed by atoms with Crippen LogP contribution in [-0.2, 0) is 21.5 Å². The van der Waals surface area contributed by atoms with E-state index in [0.717, 1.165) is 29.7 Å².